The second kappa shape index (κ2) is 4.53. The van der Waals surface area contributed by atoms with Crippen molar-refractivity contribution >= 4 is 0 Å². The second-order valence-electron chi connectivity index (χ2n) is 5.04. The van der Waals surface area contributed by atoms with E-state index < -0.39 is 0 Å². The Kier molecular flexibility index (Phi) is 2.91. The maximum atomic E-state index is 5.27. The smallest absolute Gasteiger partial charge is 0.240 e. The first-order chi connectivity index (χ1) is 7.92. The first-order valence-electron chi connectivity index (χ1n) is 6.47. The van der Waals surface area contributed by atoms with Gasteiger partial charge in [-0.3, -0.25) is 0 Å². The molecule has 1 N–H and O–H groups in total. The molecule has 4 nitrogen and oxygen atoms in total. The molecule has 1 heterocycles. The van der Waals surface area contributed by atoms with E-state index in [0.29, 0.717) is 12.0 Å². The molecule has 16 heavy (non-hydrogen) atoms. The molecule has 0 aromatic carbocycles. The summed E-state index contributed by atoms with van der Waals surface area (Å²) < 4.78 is 5.27. The van der Waals surface area contributed by atoms with Gasteiger partial charge in [0.25, 0.3) is 0 Å². The first kappa shape index (κ1) is 10.3. The fraction of sp³-hybridized carbons (Fsp3) is 0.833. The van der Waals surface area contributed by atoms with Crippen molar-refractivity contribution in [3.05, 3.63) is 11.7 Å². The molecule has 0 amide bonds. The molecular formula is C12H19N3O. The van der Waals surface area contributed by atoms with E-state index in [4.69, 9.17) is 4.52 Å². The quantitative estimate of drug-likeness (QED) is 0.848. The van der Waals surface area contributed by atoms with Crippen molar-refractivity contribution in [1.82, 2.24) is 15.5 Å². The van der Waals surface area contributed by atoms with Crippen LogP contribution in [0.1, 0.15) is 62.6 Å². The van der Waals surface area contributed by atoms with Crippen LogP contribution in [0.25, 0.3) is 0 Å². The van der Waals surface area contributed by atoms with Gasteiger partial charge in [0, 0.05) is 12.0 Å². The summed E-state index contributed by atoms with van der Waals surface area (Å²) in [5.41, 5.74) is 0. The van der Waals surface area contributed by atoms with E-state index in [0.717, 1.165) is 18.3 Å². The van der Waals surface area contributed by atoms with Gasteiger partial charge in [-0.05, 0) is 25.7 Å². The molecule has 2 fully saturated rings. The van der Waals surface area contributed by atoms with Crippen LogP contribution in [0.2, 0.25) is 0 Å². The number of nitrogens with zero attached hydrogens (tertiary/aromatic N) is 2. The predicted octanol–water partition coefficient (Wildman–Crippen LogP) is 2.37. The van der Waals surface area contributed by atoms with Gasteiger partial charge in [0.15, 0.2) is 5.82 Å². The normalized spacial score (nSPS) is 22.5. The van der Waals surface area contributed by atoms with Crippen LogP contribution in [0.3, 0.4) is 0 Å². The number of hydrogen-bond acceptors (Lipinski definition) is 4. The van der Waals surface area contributed by atoms with Crippen molar-refractivity contribution in [3.8, 4) is 0 Å². The Morgan fingerprint density at radius 2 is 1.94 bits per heavy atom. The van der Waals surface area contributed by atoms with Crippen LogP contribution in [0.4, 0.5) is 0 Å². The highest BCUT2D eigenvalue weighted by molar-refractivity contribution is 4.97. The maximum absolute atomic E-state index is 5.27. The lowest BCUT2D eigenvalue weighted by Gasteiger charge is -2.17. The van der Waals surface area contributed by atoms with Crippen LogP contribution in [-0.2, 0) is 6.54 Å². The predicted molar refractivity (Wildman–Crippen MR) is 60.0 cm³/mol. The van der Waals surface area contributed by atoms with Gasteiger partial charge in [0.05, 0.1) is 6.54 Å². The zero-order valence-corrected chi connectivity index (χ0v) is 9.61. The number of rotatable bonds is 4. The van der Waals surface area contributed by atoms with Gasteiger partial charge < -0.3 is 9.84 Å². The monoisotopic (exact) mass is 221 g/mol. The third-order valence-corrected chi connectivity index (χ3v) is 3.57. The topological polar surface area (TPSA) is 51.0 Å². The number of aromatic nitrogens is 2. The number of hydrogen-bond donors (Lipinski definition) is 1. The van der Waals surface area contributed by atoms with E-state index in [1.165, 1.54) is 44.9 Å². The average molecular weight is 221 g/mol. The molecule has 0 atom stereocenters. The Balaban J connectivity index is 1.57. The zero-order valence-electron chi connectivity index (χ0n) is 9.61. The summed E-state index contributed by atoms with van der Waals surface area (Å²) in [6, 6.07) is 0.699. The highest BCUT2D eigenvalue weighted by Gasteiger charge is 2.23. The average Bonchev–Trinajstić information content (AvgIpc) is 3.05. The minimum atomic E-state index is 0.548. The largest absolute Gasteiger partial charge is 0.338 e. The lowest BCUT2D eigenvalue weighted by molar-refractivity contribution is 0.350. The van der Waals surface area contributed by atoms with E-state index >= 15 is 0 Å². The highest BCUT2D eigenvalue weighted by atomic mass is 16.5. The van der Waals surface area contributed by atoms with Crippen molar-refractivity contribution in [2.75, 3.05) is 0 Å². The van der Waals surface area contributed by atoms with Crippen LogP contribution in [0.15, 0.2) is 4.52 Å². The summed E-state index contributed by atoms with van der Waals surface area (Å²) in [6.07, 6.45) is 9.05. The molecular weight excluding hydrogens is 202 g/mol. The lowest BCUT2D eigenvalue weighted by Crippen LogP contribution is -2.15. The van der Waals surface area contributed by atoms with Crippen LogP contribution < -0.4 is 5.32 Å². The molecule has 2 aliphatic rings. The Labute approximate surface area is 95.8 Å². The first-order valence-corrected chi connectivity index (χ1v) is 6.47. The van der Waals surface area contributed by atoms with Gasteiger partial charge in [-0.15, -0.1) is 0 Å². The Bertz CT molecular complexity index is 340. The van der Waals surface area contributed by atoms with Crippen molar-refractivity contribution < 1.29 is 4.52 Å². The maximum Gasteiger partial charge on any atom is 0.240 e. The summed E-state index contributed by atoms with van der Waals surface area (Å²) in [6.45, 7) is 0.740. The van der Waals surface area contributed by atoms with Gasteiger partial charge in [-0.1, -0.05) is 24.4 Å². The molecule has 1 aromatic heterocycles. The minimum Gasteiger partial charge on any atom is -0.338 e. The second-order valence-corrected chi connectivity index (χ2v) is 5.04. The molecule has 0 saturated heterocycles. The van der Waals surface area contributed by atoms with Gasteiger partial charge >= 0.3 is 0 Å². The van der Waals surface area contributed by atoms with Crippen molar-refractivity contribution in [3.63, 3.8) is 0 Å². The molecule has 0 bridgehead atoms. The van der Waals surface area contributed by atoms with Gasteiger partial charge in [0.1, 0.15) is 0 Å². The summed E-state index contributed by atoms with van der Waals surface area (Å²) in [7, 11) is 0. The lowest BCUT2D eigenvalue weighted by atomic mass is 9.89. The van der Waals surface area contributed by atoms with E-state index in [2.05, 4.69) is 15.5 Å². The molecule has 3 rings (SSSR count). The fourth-order valence-electron chi connectivity index (χ4n) is 2.39. The van der Waals surface area contributed by atoms with Crippen LogP contribution in [-0.4, -0.2) is 16.2 Å². The molecule has 1 aromatic rings. The third-order valence-electron chi connectivity index (χ3n) is 3.57. The molecule has 0 spiro atoms. The van der Waals surface area contributed by atoms with Gasteiger partial charge in [-0.2, -0.15) is 4.98 Å². The van der Waals surface area contributed by atoms with Crippen molar-refractivity contribution in [1.29, 1.82) is 0 Å². The zero-order chi connectivity index (χ0) is 10.8. The fourth-order valence-corrected chi connectivity index (χ4v) is 2.39. The number of nitrogens with one attached hydrogen (secondary N) is 1. The molecule has 0 radical (unpaired) electrons. The summed E-state index contributed by atoms with van der Waals surface area (Å²) >= 11 is 0. The van der Waals surface area contributed by atoms with Gasteiger partial charge in [-0.25, -0.2) is 0 Å². The Morgan fingerprint density at radius 3 is 2.69 bits per heavy atom. The molecule has 0 unspecified atom stereocenters. The summed E-state index contributed by atoms with van der Waals surface area (Å²) in [5, 5.41) is 7.50. The minimum absolute atomic E-state index is 0.548. The molecule has 88 valence electrons. The standard InChI is InChI=1S/C12H19N3O/c1-2-4-9(5-3-1)12-14-11(16-15-12)8-13-10-6-7-10/h9-10,13H,1-8H2. The van der Waals surface area contributed by atoms with Crippen LogP contribution in [0, 0.1) is 0 Å². The van der Waals surface area contributed by atoms with Crippen molar-refractivity contribution in [2.24, 2.45) is 0 Å². The Hall–Kier alpha value is -0.900. The molecule has 2 saturated carbocycles. The van der Waals surface area contributed by atoms with Crippen molar-refractivity contribution in [2.45, 2.75) is 63.5 Å². The molecule has 0 aliphatic heterocycles. The highest BCUT2D eigenvalue weighted by Crippen LogP contribution is 2.30. The van der Waals surface area contributed by atoms with E-state index in [1.54, 1.807) is 0 Å². The van der Waals surface area contributed by atoms with Crippen LogP contribution in [0.5, 0.6) is 0 Å². The van der Waals surface area contributed by atoms with Gasteiger partial charge in [0.2, 0.25) is 5.89 Å². The van der Waals surface area contributed by atoms with E-state index in [9.17, 15) is 0 Å². The Morgan fingerprint density at radius 1 is 1.12 bits per heavy atom. The van der Waals surface area contributed by atoms with E-state index in [1.807, 2.05) is 0 Å². The van der Waals surface area contributed by atoms with E-state index in [-0.39, 0.29) is 0 Å². The molecule has 2 aliphatic carbocycles. The summed E-state index contributed by atoms with van der Waals surface area (Å²) in [4.78, 5) is 4.49. The van der Waals surface area contributed by atoms with Crippen LogP contribution >= 0.6 is 0 Å². The molecule has 4 heteroatoms. The summed E-state index contributed by atoms with van der Waals surface area (Å²) in [5.74, 6) is 2.24. The third kappa shape index (κ3) is 2.43. The SMILES string of the molecule is C1CCC(c2noc(CNC3CC3)n2)CC1.